The Hall–Kier alpha value is -1.97. The highest BCUT2D eigenvalue weighted by Gasteiger charge is 2.13. The maximum Gasteiger partial charge on any atom is 0.159 e. The van der Waals surface area contributed by atoms with Crippen molar-refractivity contribution in [3.63, 3.8) is 0 Å². The molecule has 3 nitrogen and oxygen atoms in total. The van der Waals surface area contributed by atoms with Crippen LogP contribution >= 0.6 is 0 Å². The van der Waals surface area contributed by atoms with Crippen LogP contribution in [-0.4, -0.2) is 22.7 Å². The van der Waals surface area contributed by atoms with Crippen molar-refractivity contribution in [2.75, 3.05) is 6.61 Å². The van der Waals surface area contributed by atoms with Gasteiger partial charge in [0.25, 0.3) is 0 Å². The molecule has 0 N–H and O–H groups in total. The fourth-order valence-electron chi connectivity index (χ4n) is 4.19. The molecule has 0 aliphatic rings. The lowest BCUT2D eigenvalue weighted by Gasteiger charge is -2.15. The summed E-state index contributed by atoms with van der Waals surface area (Å²) in [6.07, 6.45) is 18.2. The van der Waals surface area contributed by atoms with Crippen LogP contribution < -0.4 is 4.74 Å². The second-order valence-corrected chi connectivity index (χ2v) is 9.56. The Balaban J connectivity index is 1.69. The van der Waals surface area contributed by atoms with Gasteiger partial charge in [-0.05, 0) is 30.7 Å². The SMILES string of the molecule is CCCCCCCCCCc1ccc(-c2ncc(OCC(F)CC(C)CCCC)cn2)cc1. The summed E-state index contributed by atoms with van der Waals surface area (Å²) in [5.41, 5.74) is 2.36. The van der Waals surface area contributed by atoms with Crippen molar-refractivity contribution >= 4 is 0 Å². The zero-order chi connectivity index (χ0) is 23.7. The predicted molar refractivity (Wildman–Crippen MR) is 137 cm³/mol. The van der Waals surface area contributed by atoms with Gasteiger partial charge >= 0.3 is 0 Å². The minimum Gasteiger partial charge on any atom is -0.487 e. The van der Waals surface area contributed by atoms with E-state index in [0.717, 1.165) is 31.2 Å². The average Bonchev–Trinajstić information content (AvgIpc) is 2.84. The van der Waals surface area contributed by atoms with Gasteiger partial charge in [0.05, 0.1) is 12.4 Å². The fourth-order valence-corrected chi connectivity index (χ4v) is 4.19. The topological polar surface area (TPSA) is 35.0 Å². The van der Waals surface area contributed by atoms with E-state index in [4.69, 9.17) is 4.74 Å². The van der Waals surface area contributed by atoms with E-state index in [2.05, 4.69) is 55.0 Å². The highest BCUT2D eigenvalue weighted by Crippen LogP contribution is 2.20. The standard InChI is InChI=1S/C29H45FN2O/c1-4-6-8-9-10-11-12-13-15-25-16-18-26(19-17-25)29-31-21-28(22-32-29)33-23-27(30)20-24(3)14-7-5-2/h16-19,21-22,24,27H,4-15,20,23H2,1-3H3. The van der Waals surface area contributed by atoms with E-state index in [-0.39, 0.29) is 6.61 Å². The van der Waals surface area contributed by atoms with E-state index >= 15 is 0 Å². The van der Waals surface area contributed by atoms with Gasteiger partial charge in [-0.3, -0.25) is 0 Å². The molecule has 1 aromatic carbocycles. The van der Waals surface area contributed by atoms with E-state index in [9.17, 15) is 4.39 Å². The molecule has 2 rings (SSSR count). The molecule has 0 amide bonds. The van der Waals surface area contributed by atoms with E-state index in [1.54, 1.807) is 12.4 Å². The first-order chi connectivity index (χ1) is 16.1. The highest BCUT2D eigenvalue weighted by molar-refractivity contribution is 5.55. The number of benzene rings is 1. The molecule has 0 saturated heterocycles. The van der Waals surface area contributed by atoms with Gasteiger partial charge in [-0.15, -0.1) is 0 Å². The van der Waals surface area contributed by atoms with Gasteiger partial charge in [0, 0.05) is 5.56 Å². The number of ether oxygens (including phenoxy) is 1. The molecule has 0 aliphatic heterocycles. The molecular weight excluding hydrogens is 411 g/mol. The van der Waals surface area contributed by atoms with Crippen molar-refractivity contribution in [1.29, 1.82) is 0 Å². The van der Waals surface area contributed by atoms with Gasteiger partial charge < -0.3 is 4.74 Å². The summed E-state index contributed by atoms with van der Waals surface area (Å²) in [7, 11) is 0. The number of aromatic nitrogens is 2. The Morgan fingerprint density at radius 2 is 1.42 bits per heavy atom. The molecule has 4 heteroatoms. The molecule has 2 aromatic rings. The first-order valence-corrected chi connectivity index (χ1v) is 13.3. The lowest BCUT2D eigenvalue weighted by atomic mass is 9.98. The number of unbranched alkanes of at least 4 members (excludes halogenated alkanes) is 8. The lowest BCUT2D eigenvalue weighted by molar-refractivity contribution is 0.167. The second-order valence-electron chi connectivity index (χ2n) is 9.56. The number of nitrogens with zero attached hydrogens (tertiary/aromatic N) is 2. The summed E-state index contributed by atoms with van der Waals surface area (Å²) in [5, 5.41) is 0. The number of hydrogen-bond acceptors (Lipinski definition) is 3. The molecule has 0 bridgehead atoms. The molecule has 33 heavy (non-hydrogen) atoms. The average molecular weight is 457 g/mol. The smallest absolute Gasteiger partial charge is 0.159 e. The molecule has 0 radical (unpaired) electrons. The number of alkyl halides is 1. The molecule has 0 saturated carbocycles. The number of aryl methyl sites for hydroxylation is 1. The molecule has 0 aliphatic carbocycles. The summed E-state index contributed by atoms with van der Waals surface area (Å²) in [4.78, 5) is 8.83. The van der Waals surface area contributed by atoms with E-state index in [0.29, 0.717) is 23.9 Å². The maximum absolute atomic E-state index is 14.2. The van der Waals surface area contributed by atoms with E-state index < -0.39 is 6.17 Å². The summed E-state index contributed by atoms with van der Waals surface area (Å²) in [5.74, 6) is 1.58. The summed E-state index contributed by atoms with van der Waals surface area (Å²) >= 11 is 0. The molecule has 0 fully saturated rings. The van der Waals surface area contributed by atoms with Gasteiger partial charge in [-0.1, -0.05) is 109 Å². The van der Waals surface area contributed by atoms with Crippen LogP contribution in [0.2, 0.25) is 0 Å². The number of hydrogen-bond donors (Lipinski definition) is 0. The summed E-state index contributed by atoms with van der Waals surface area (Å²) in [6, 6.07) is 8.53. The minimum absolute atomic E-state index is 0.0621. The van der Waals surface area contributed by atoms with Crippen LogP contribution in [0.3, 0.4) is 0 Å². The lowest BCUT2D eigenvalue weighted by Crippen LogP contribution is -2.16. The van der Waals surface area contributed by atoms with Crippen molar-refractivity contribution in [3.8, 4) is 17.1 Å². The first-order valence-electron chi connectivity index (χ1n) is 13.3. The van der Waals surface area contributed by atoms with Gasteiger partial charge in [-0.2, -0.15) is 0 Å². The third-order valence-electron chi connectivity index (χ3n) is 6.30. The largest absolute Gasteiger partial charge is 0.487 e. The molecule has 0 spiro atoms. The van der Waals surface area contributed by atoms with Crippen molar-refractivity contribution in [1.82, 2.24) is 9.97 Å². The summed E-state index contributed by atoms with van der Waals surface area (Å²) in [6.45, 7) is 6.60. The third kappa shape index (κ3) is 11.6. The van der Waals surface area contributed by atoms with Crippen LogP contribution in [0, 0.1) is 5.92 Å². The van der Waals surface area contributed by atoms with Crippen molar-refractivity contribution < 1.29 is 9.13 Å². The van der Waals surface area contributed by atoms with Crippen molar-refractivity contribution in [2.24, 2.45) is 5.92 Å². The monoisotopic (exact) mass is 456 g/mol. The molecule has 2 unspecified atom stereocenters. The van der Waals surface area contributed by atoms with Gasteiger partial charge in [-0.25, -0.2) is 14.4 Å². The van der Waals surface area contributed by atoms with Gasteiger partial charge in [0.1, 0.15) is 12.8 Å². The maximum atomic E-state index is 14.2. The zero-order valence-electron chi connectivity index (χ0n) is 21.2. The second kappa shape index (κ2) is 16.6. The van der Waals surface area contributed by atoms with Crippen LogP contribution in [-0.2, 0) is 6.42 Å². The molecule has 1 aromatic heterocycles. The Morgan fingerprint density at radius 3 is 2.06 bits per heavy atom. The normalized spacial score (nSPS) is 13.1. The first kappa shape index (κ1) is 27.3. The molecule has 1 heterocycles. The predicted octanol–water partition coefficient (Wildman–Crippen LogP) is 8.76. The van der Waals surface area contributed by atoms with E-state index in [1.807, 2.05) is 0 Å². The molecular formula is C29H45FN2O. The van der Waals surface area contributed by atoms with Crippen LogP contribution in [0.5, 0.6) is 5.75 Å². The molecule has 2 atom stereocenters. The van der Waals surface area contributed by atoms with Crippen LogP contribution in [0.25, 0.3) is 11.4 Å². The Bertz CT molecular complexity index is 732. The van der Waals surface area contributed by atoms with Crippen LogP contribution in [0.1, 0.15) is 103 Å². The van der Waals surface area contributed by atoms with Crippen molar-refractivity contribution in [2.45, 2.75) is 110 Å². The Labute approximate surface area is 201 Å². The van der Waals surface area contributed by atoms with Gasteiger partial charge in [0.15, 0.2) is 11.6 Å². The Kier molecular flexibility index (Phi) is 13.7. The number of rotatable bonds is 18. The highest BCUT2D eigenvalue weighted by atomic mass is 19.1. The van der Waals surface area contributed by atoms with Crippen molar-refractivity contribution in [3.05, 3.63) is 42.2 Å². The number of halogens is 1. The third-order valence-corrected chi connectivity index (χ3v) is 6.30. The fraction of sp³-hybridized carbons (Fsp3) is 0.655. The van der Waals surface area contributed by atoms with Crippen LogP contribution in [0.4, 0.5) is 4.39 Å². The zero-order valence-corrected chi connectivity index (χ0v) is 21.2. The van der Waals surface area contributed by atoms with E-state index in [1.165, 1.54) is 56.9 Å². The summed E-state index contributed by atoms with van der Waals surface area (Å²) < 4.78 is 19.8. The van der Waals surface area contributed by atoms with Crippen LogP contribution in [0.15, 0.2) is 36.7 Å². The molecule has 184 valence electrons. The Morgan fingerprint density at radius 1 is 0.818 bits per heavy atom. The quantitative estimate of drug-likeness (QED) is 0.210. The minimum atomic E-state index is -0.954. The van der Waals surface area contributed by atoms with Gasteiger partial charge in [0.2, 0.25) is 0 Å².